The molecule has 23 nitrogen and oxygen atoms in total. The summed E-state index contributed by atoms with van der Waals surface area (Å²) in [6.07, 6.45) is 0.476. The Morgan fingerprint density at radius 3 is 0.536 bits per heavy atom. The smallest absolute Gasteiger partial charge is 0.397 e. The van der Waals surface area contributed by atoms with Crippen LogP contribution in [0.1, 0.15) is 144 Å². The third kappa shape index (κ3) is 26.2. The van der Waals surface area contributed by atoms with E-state index in [4.69, 9.17) is 63.1 Å². The normalized spacial score (nSPS) is 18.0. The fourth-order valence-corrected chi connectivity index (χ4v) is 30.3. The molecule has 0 saturated carbocycles. The number of rotatable bonds is 12. The lowest BCUT2D eigenvalue weighted by Gasteiger charge is -2.24. The van der Waals surface area contributed by atoms with Gasteiger partial charge in [0, 0.05) is 179 Å². The Morgan fingerprint density at radius 1 is 0.248 bits per heavy atom. The van der Waals surface area contributed by atoms with E-state index in [1.54, 1.807) is 56.7 Å². The fourth-order valence-electron chi connectivity index (χ4n) is 15.1. The van der Waals surface area contributed by atoms with Crippen molar-refractivity contribution in [2.75, 3.05) is 102 Å². The summed E-state index contributed by atoms with van der Waals surface area (Å²) in [7, 11) is 0. The summed E-state index contributed by atoms with van der Waals surface area (Å²) in [5.74, 6) is 0. The molecule has 0 saturated heterocycles. The van der Waals surface area contributed by atoms with Gasteiger partial charge in [-0.2, -0.15) is 26.3 Å². The second-order valence-corrected chi connectivity index (χ2v) is 47.7. The van der Waals surface area contributed by atoms with Gasteiger partial charge < -0.3 is 95.0 Å². The number of nitrogens with zero attached hydrogens (tertiary/aromatic N) is 6. The van der Waals surface area contributed by atoms with Gasteiger partial charge in [-0.3, -0.25) is 0 Å². The van der Waals surface area contributed by atoms with Crippen molar-refractivity contribution in [3.63, 3.8) is 0 Å². The van der Waals surface area contributed by atoms with Crippen LogP contribution >= 0.6 is 294 Å². The van der Waals surface area contributed by atoms with Gasteiger partial charge in [-0.15, -0.1) is 68.0 Å². The van der Waals surface area contributed by atoms with E-state index in [0.717, 1.165) is 212 Å². The van der Waals surface area contributed by atoms with Crippen LogP contribution in [0.4, 0.5) is 85.6 Å². The minimum Gasteiger partial charge on any atom is -0.397 e. The second-order valence-electron chi connectivity index (χ2n) is 29.7. The van der Waals surface area contributed by atoms with Crippen LogP contribution in [0, 0.1) is 35.7 Å². The zero-order valence-corrected chi connectivity index (χ0v) is 92.2. The maximum absolute atomic E-state index is 12.9. The minimum atomic E-state index is -4.85. The molecule has 6 aromatic carbocycles. The van der Waals surface area contributed by atoms with Gasteiger partial charge in [-0.05, 0) is 377 Å². The highest BCUT2D eigenvalue weighted by molar-refractivity contribution is 14.1. The monoisotopic (exact) mass is 2940 g/mol. The van der Waals surface area contributed by atoms with E-state index >= 15 is 0 Å². The first-order valence-corrected chi connectivity index (χ1v) is 54.3. The first-order chi connectivity index (χ1) is 59.2. The number of fused-ring (bicyclic) bond motifs is 6. The van der Waals surface area contributed by atoms with Crippen LogP contribution < -0.4 is 95.0 Å². The Hall–Kier alpha value is -2.46. The van der Waals surface area contributed by atoms with Crippen molar-refractivity contribution < 1.29 is 26.3 Å². The summed E-state index contributed by atoms with van der Waals surface area (Å²) in [6, 6.07) is 24.4. The highest BCUT2D eigenvalue weighted by Crippen LogP contribution is 2.43. The van der Waals surface area contributed by atoms with E-state index in [-0.39, 0.29) is 18.1 Å². The average molecular weight is 2940 g/mol. The van der Waals surface area contributed by atoms with E-state index in [9.17, 15) is 26.3 Å². The molecule has 0 aliphatic carbocycles. The number of hydrogen-bond acceptors (Lipinski definition) is 29. The number of nitrogen functional groups attached to an aromatic ring is 11. The van der Waals surface area contributed by atoms with Crippen LogP contribution in [-0.4, -0.2) is 69.2 Å². The fraction of sp³-hybridized carbons (Fsp3) is 0.325. The Balaban J connectivity index is 0.000000129. The molecule has 6 aromatic heterocycles. The number of nitrogens with two attached hydrogens (primary N) is 11. The first kappa shape index (κ1) is 100. The standard InChI is InChI=1S/C15H13F6N3S.5C13H14I2N4S/c16-14(17,18)8-3-7(4-9(6-8)15(19,20)21)5-11-12-10(1-2-23-11)24-13(22)25-12;5*14-7-3-6(4-8(15)11(7)16)5-10-12-9(1-2-18-10)19-13(17)20-12/h3-4,6,11,23H,1-2,5H2,(H2,22,24);5*3-4,10,18H,1-2,5,16H2,(H2,17,19). The molecule has 666 valence electrons. The van der Waals surface area contributed by atoms with Crippen molar-refractivity contribution in [2.45, 2.75) is 126 Å². The number of nitrogens with one attached hydrogen (secondary N) is 6. The van der Waals surface area contributed by atoms with E-state index in [2.05, 4.69) is 348 Å². The summed E-state index contributed by atoms with van der Waals surface area (Å²) >= 11 is 32.2. The second kappa shape index (κ2) is 44.4. The Bertz CT molecular complexity index is 5080. The van der Waals surface area contributed by atoms with Gasteiger partial charge in [-0.25, -0.2) is 29.9 Å². The van der Waals surface area contributed by atoms with Crippen LogP contribution in [0.5, 0.6) is 0 Å². The Kier molecular flexibility index (Phi) is 35.5. The summed E-state index contributed by atoms with van der Waals surface area (Å²) in [6.45, 7) is 5.35. The van der Waals surface area contributed by atoms with Crippen molar-refractivity contribution in [1.29, 1.82) is 0 Å². The van der Waals surface area contributed by atoms with Gasteiger partial charge in [-0.1, -0.05) is 0 Å². The predicted octanol–water partition coefficient (Wildman–Crippen LogP) is 18.9. The Labute approximate surface area is 878 Å². The van der Waals surface area contributed by atoms with Crippen LogP contribution in [0.2, 0.25) is 0 Å². The molecule has 12 aromatic rings. The molecule has 6 aliphatic heterocycles. The van der Waals surface area contributed by atoms with Crippen molar-refractivity contribution in [1.82, 2.24) is 61.8 Å². The third-order valence-electron chi connectivity index (χ3n) is 20.9. The summed E-state index contributed by atoms with van der Waals surface area (Å²) in [4.78, 5) is 33.5. The number of anilines is 11. The number of halogens is 16. The SMILES string of the molecule is Nc1nc2c(s1)C(Cc1cc(C(F)(F)F)cc(C(F)(F)F)c1)NCC2.Nc1nc2c(s1)C(Cc1cc(I)c(N)c(I)c1)NCC2.Nc1nc2c(s1)C(Cc1cc(I)c(N)c(I)c1)NCC2.Nc1nc2c(s1)C(Cc1cc(I)c(N)c(I)c1)NCC2.Nc1nc2c(s1)C(Cc1cc(I)c(N)c(I)c1)NCC2.Nc1nc2c(s1)C(Cc1cc(I)c(N)c(I)c1)NCC2. The molecular formula is C80H83F6I10N23S6. The molecule has 18 rings (SSSR count). The molecule has 0 fully saturated rings. The quantitative estimate of drug-likeness (QED) is 0.0307. The lowest BCUT2D eigenvalue weighted by Crippen LogP contribution is -2.30. The van der Waals surface area contributed by atoms with E-state index < -0.39 is 29.5 Å². The summed E-state index contributed by atoms with van der Waals surface area (Å²) in [5.41, 5.74) is 79.6. The molecule has 0 radical (unpaired) electrons. The van der Waals surface area contributed by atoms with E-state index in [1.807, 2.05) is 0 Å². The summed E-state index contributed by atoms with van der Waals surface area (Å²) < 4.78 is 88.8. The van der Waals surface area contributed by atoms with E-state index in [0.29, 0.717) is 74.0 Å². The number of hydrogen-bond donors (Lipinski definition) is 17. The largest absolute Gasteiger partial charge is 0.416 e. The van der Waals surface area contributed by atoms with Gasteiger partial charge in [0.2, 0.25) is 0 Å². The molecular weight excluding hydrogens is 2860 g/mol. The van der Waals surface area contributed by atoms with E-state index in [1.165, 1.54) is 63.5 Å². The molecule has 0 amide bonds. The summed E-state index contributed by atoms with van der Waals surface area (Å²) in [5, 5.41) is 24.6. The minimum absolute atomic E-state index is 0.0123. The van der Waals surface area contributed by atoms with Gasteiger partial charge in [0.05, 0.1) is 73.7 Å². The van der Waals surface area contributed by atoms with Crippen LogP contribution in [-0.2, 0) is 89.4 Å². The number of alkyl halides is 6. The van der Waals surface area contributed by atoms with Crippen LogP contribution in [0.25, 0.3) is 0 Å². The highest BCUT2D eigenvalue weighted by atomic mass is 127. The van der Waals surface area contributed by atoms with Crippen LogP contribution in [0.3, 0.4) is 0 Å². The lowest BCUT2D eigenvalue weighted by atomic mass is 9.96. The van der Waals surface area contributed by atoms with Gasteiger partial charge >= 0.3 is 12.4 Å². The molecule has 45 heteroatoms. The maximum atomic E-state index is 12.9. The third-order valence-corrected chi connectivity index (χ3v) is 36.0. The molecule has 0 bridgehead atoms. The van der Waals surface area contributed by atoms with Crippen molar-refractivity contribution in [3.8, 4) is 0 Å². The zero-order valence-electron chi connectivity index (χ0n) is 65.7. The zero-order chi connectivity index (χ0) is 89.8. The highest BCUT2D eigenvalue weighted by Gasteiger charge is 2.39. The molecule has 6 unspecified atom stereocenters. The first-order valence-electron chi connectivity index (χ1n) is 38.6. The maximum Gasteiger partial charge on any atom is 0.416 e. The average Bonchev–Trinajstić information content (AvgIpc) is 1.73. The molecule has 12 heterocycles. The Morgan fingerprint density at radius 2 is 0.392 bits per heavy atom. The molecule has 125 heavy (non-hydrogen) atoms. The number of aromatic nitrogens is 6. The van der Waals surface area contributed by atoms with Crippen molar-refractivity contribution in [2.24, 2.45) is 0 Å². The van der Waals surface area contributed by atoms with Crippen molar-refractivity contribution >= 4 is 353 Å². The number of benzene rings is 6. The molecule has 6 aliphatic rings. The van der Waals surface area contributed by atoms with Crippen LogP contribution in [0.15, 0.2) is 78.9 Å². The number of thiazole rings is 6. The molecule has 28 N–H and O–H groups in total. The lowest BCUT2D eigenvalue weighted by molar-refractivity contribution is -0.143. The topological polar surface area (TPSA) is 436 Å². The van der Waals surface area contributed by atoms with Gasteiger partial charge in [0.15, 0.2) is 30.8 Å². The van der Waals surface area contributed by atoms with Gasteiger partial charge in [0.1, 0.15) is 0 Å². The predicted molar refractivity (Wildman–Crippen MR) is 586 cm³/mol. The molecule has 0 spiro atoms. The molecule has 6 atom stereocenters. The van der Waals surface area contributed by atoms with Crippen molar-refractivity contribution in [3.05, 3.63) is 222 Å². The van der Waals surface area contributed by atoms with Gasteiger partial charge in [0.25, 0.3) is 0 Å².